The number of phosphoric acid groups is 3. The van der Waals surface area contributed by atoms with Gasteiger partial charge in [0.25, 0.3) is 11.3 Å². The Morgan fingerprint density at radius 1 is 0.917 bits per heavy atom. The van der Waals surface area contributed by atoms with Crippen molar-refractivity contribution in [2.75, 3.05) is 6.61 Å². The van der Waals surface area contributed by atoms with Gasteiger partial charge in [0.15, 0.2) is 0 Å². The van der Waals surface area contributed by atoms with Crippen LogP contribution in [-0.4, -0.2) is 100 Å². The quantitative estimate of drug-likeness (QED) is 0.140. The number of aliphatic hydroxyl groups is 3. The molecular formula is C10H20F3N2O18P3. The summed E-state index contributed by atoms with van der Waals surface area (Å²) in [5, 5.41) is 28.2. The molecule has 20 nitrogen and oxygen atoms in total. The summed E-state index contributed by atoms with van der Waals surface area (Å²) in [4.78, 5) is 88.8. The molecule has 0 aromatic carbocycles. The Labute approximate surface area is 194 Å². The summed E-state index contributed by atoms with van der Waals surface area (Å²) in [6, 6.07) is 0.629. The molecule has 0 spiro atoms. The smallest absolute Gasteiger partial charge is 0.394 e. The van der Waals surface area contributed by atoms with Crippen molar-refractivity contribution in [3.63, 3.8) is 0 Å². The highest BCUT2D eigenvalue weighted by molar-refractivity contribution is 7.45. The zero-order valence-electron chi connectivity index (χ0n) is 16.8. The standard InChI is InChI=1S/C10H11F3N2O6.3H3O4P/c11-10(12,13)9(7(19)6(18)4(3-16)21-9)15-2-1-5(17)14-8(15)20;3*1-5(2,3)4/h1-2,4,6-7,16,18-19H,3H2,(H,14,17,20);3*(H3,1,2,3,4)/t4-,6-,7-,9+;;;/m1.../s1. The third kappa shape index (κ3) is 14.4. The number of aromatic amines is 1. The van der Waals surface area contributed by atoms with Crippen LogP contribution in [0.5, 0.6) is 0 Å². The minimum atomic E-state index is -5.31. The number of H-pyrrole nitrogens is 1. The van der Waals surface area contributed by atoms with Crippen LogP contribution in [0.1, 0.15) is 0 Å². The molecule has 2 heterocycles. The number of ether oxygens (including phenoxy) is 1. The molecule has 0 radical (unpaired) electrons. The summed E-state index contributed by atoms with van der Waals surface area (Å²) in [6.07, 6.45) is -11.2. The molecule has 2 rings (SSSR count). The van der Waals surface area contributed by atoms with Gasteiger partial charge in [-0.3, -0.25) is 14.3 Å². The lowest BCUT2D eigenvalue weighted by molar-refractivity contribution is -0.333. The second-order valence-electron chi connectivity index (χ2n) is 5.99. The van der Waals surface area contributed by atoms with E-state index in [1.165, 1.54) is 0 Å². The minimum Gasteiger partial charge on any atom is -0.394 e. The maximum Gasteiger partial charge on any atom is 0.466 e. The Hall–Kier alpha value is -1.36. The van der Waals surface area contributed by atoms with Crippen LogP contribution in [0.15, 0.2) is 21.9 Å². The first-order chi connectivity index (χ1) is 15.6. The van der Waals surface area contributed by atoms with Gasteiger partial charge in [-0.1, -0.05) is 0 Å². The summed E-state index contributed by atoms with van der Waals surface area (Å²) >= 11 is 0. The average Bonchev–Trinajstić information content (AvgIpc) is 2.83. The fourth-order valence-corrected chi connectivity index (χ4v) is 2.20. The molecule has 36 heavy (non-hydrogen) atoms. The van der Waals surface area contributed by atoms with Crippen LogP contribution in [0.3, 0.4) is 0 Å². The number of nitrogens with one attached hydrogen (secondary N) is 1. The van der Waals surface area contributed by atoms with Gasteiger partial charge in [-0.2, -0.15) is 13.2 Å². The predicted octanol–water partition coefficient (Wildman–Crippen LogP) is -4.92. The molecule has 0 bridgehead atoms. The van der Waals surface area contributed by atoms with Crippen molar-refractivity contribution in [2.45, 2.75) is 30.2 Å². The van der Waals surface area contributed by atoms with Gasteiger partial charge in [0.05, 0.1) is 6.61 Å². The van der Waals surface area contributed by atoms with Crippen molar-refractivity contribution >= 4 is 23.5 Å². The molecule has 26 heteroatoms. The Balaban J connectivity index is 0. The van der Waals surface area contributed by atoms with Crippen molar-refractivity contribution in [3.05, 3.63) is 33.1 Å². The van der Waals surface area contributed by atoms with Crippen molar-refractivity contribution in [1.82, 2.24) is 9.55 Å². The maximum absolute atomic E-state index is 13.4. The lowest BCUT2D eigenvalue weighted by atomic mass is 10.0. The molecule has 13 N–H and O–H groups in total. The summed E-state index contributed by atoms with van der Waals surface area (Å²) in [7, 11) is -13.9. The zero-order valence-corrected chi connectivity index (χ0v) is 19.5. The second-order valence-corrected chi connectivity index (χ2v) is 9.07. The second kappa shape index (κ2) is 13.4. The molecule has 4 atom stereocenters. The first-order valence-corrected chi connectivity index (χ1v) is 12.7. The first kappa shape index (κ1) is 36.8. The molecule has 1 saturated heterocycles. The largest absolute Gasteiger partial charge is 0.466 e. The number of aliphatic hydroxyl groups excluding tert-OH is 3. The average molecular weight is 606 g/mol. The van der Waals surface area contributed by atoms with E-state index in [-0.39, 0.29) is 4.57 Å². The van der Waals surface area contributed by atoms with Gasteiger partial charge < -0.3 is 64.1 Å². The van der Waals surface area contributed by atoms with Gasteiger partial charge in [-0.05, 0) is 0 Å². The van der Waals surface area contributed by atoms with E-state index >= 15 is 0 Å². The van der Waals surface area contributed by atoms with Crippen molar-refractivity contribution < 1.29 is 91.0 Å². The normalized spacial score (nSPS) is 24.4. The number of alkyl halides is 3. The van der Waals surface area contributed by atoms with Crippen LogP contribution in [0.25, 0.3) is 0 Å². The molecule has 1 aliphatic heterocycles. The van der Waals surface area contributed by atoms with Crippen LogP contribution < -0.4 is 11.2 Å². The molecule has 1 aromatic heterocycles. The Bertz CT molecular complexity index is 1020. The minimum absolute atomic E-state index is 0.0715. The van der Waals surface area contributed by atoms with E-state index in [9.17, 15) is 33.0 Å². The van der Waals surface area contributed by atoms with E-state index in [1.54, 1.807) is 4.98 Å². The van der Waals surface area contributed by atoms with E-state index in [0.717, 1.165) is 0 Å². The maximum atomic E-state index is 13.4. The molecule has 0 saturated carbocycles. The highest BCUT2D eigenvalue weighted by atomic mass is 31.2. The molecule has 214 valence electrons. The lowest BCUT2D eigenvalue weighted by Gasteiger charge is -2.35. The van der Waals surface area contributed by atoms with Crippen LogP contribution >= 0.6 is 23.5 Å². The van der Waals surface area contributed by atoms with E-state index in [2.05, 4.69) is 4.74 Å². The zero-order chi connectivity index (χ0) is 29.5. The third-order valence-corrected chi connectivity index (χ3v) is 3.20. The highest BCUT2D eigenvalue weighted by Crippen LogP contribution is 2.46. The van der Waals surface area contributed by atoms with Crippen LogP contribution in [-0.2, 0) is 24.2 Å². The van der Waals surface area contributed by atoms with E-state index in [4.69, 9.17) is 62.8 Å². The van der Waals surface area contributed by atoms with E-state index in [0.29, 0.717) is 12.3 Å². The van der Waals surface area contributed by atoms with Gasteiger partial charge >= 0.3 is 35.3 Å². The van der Waals surface area contributed by atoms with Gasteiger partial charge in [0.1, 0.15) is 18.3 Å². The molecular weight excluding hydrogens is 586 g/mol. The van der Waals surface area contributed by atoms with Gasteiger partial charge in [0, 0.05) is 12.3 Å². The lowest BCUT2D eigenvalue weighted by Crippen LogP contribution is -2.60. The van der Waals surface area contributed by atoms with Crippen LogP contribution in [0.4, 0.5) is 13.2 Å². The van der Waals surface area contributed by atoms with Gasteiger partial charge in [0.2, 0.25) is 0 Å². The molecule has 1 aromatic rings. The van der Waals surface area contributed by atoms with Crippen molar-refractivity contribution in [2.24, 2.45) is 0 Å². The Kier molecular flexibility index (Phi) is 13.7. The van der Waals surface area contributed by atoms with Gasteiger partial charge in [-0.25, -0.2) is 18.5 Å². The monoisotopic (exact) mass is 606 g/mol. The number of hydrogen-bond acceptors (Lipinski definition) is 9. The van der Waals surface area contributed by atoms with Crippen LogP contribution in [0.2, 0.25) is 0 Å². The number of nitrogens with zero attached hydrogens (tertiary/aromatic N) is 1. The van der Waals surface area contributed by atoms with Gasteiger partial charge in [-0.15, -0.1) is 0 Å². The fraction of sp³-hybridized carbons (Fsp3) is 0.600. The van der Waals surface area contributed by atoms with E-state index < -0.39 is 71.5 Å². The molecule has 0 amide bonds. The van der Waals surface area contributed by atoms with Crippen molar-refractivity contribution in [1.29, 1.82) is 0 Å². The van der Waals surface area contributed by atoms with E-state index in [1.807, 2.05) is 0 Å². The summed E-state index contributed by atoms with van der Waals surface area (Å²) in [5.41, 5.74) is -6.04. The van der Waals surface area contributed by atoms with Crippen LogP contribution in [0, 0.1) is 0 Å². The fourth-order valence-electron chi connectivity index (χ4n) is 2.20. The van der Waals surface area contributed by atoms with Crippen molar-refractivity contribution in [3.8, 4) is 0 Å². The Morgan fingerprint density at radius 2 is 1.28 bits per heavy atom. The third-order valence-electron chi connectivity index (χ3n) is 3.20. The number of rotatable bonds is 2. The highest BCUT2D eigenvalue weighted by Gasteiger charge is 2.70. The Morgan fingerprint density at radius 3 is 1.53 bits per heavy atom. The molecule has 0 aliphatic carbocycles. The first-order valence-electron chi connectivity index (χ1n) is 8.04. The summed E-state index contributed by atoms with van der Waals surface area (Å²) in [5.74, 6) is 0. The summed E-state index contributed by atoms with van der Waals surface area (Å²) < 4.78 is 71.3. The molecule has 0 unspecified atom stereocenters. The molecule has 1 aliphatic rings. The summed E-state index contributed by atoms with van der Waals surface area (Å²) in [6.45, 7) is -1.01. The number of aromatic nitrogens is 2. The number of hydrogen-bond donors (Lipinski definition) is 13. The SMILES string of the molecule is O=P(O)(O)O.O=P(O)(O)O.O=P(O)(O)O.O=c1ccn([C@]2(C(F)(F)F)O[C@H](CO)[C@@H](O)[C@H]2O)c(=O)[nH]1. The predicted molar refractivity (Wildman–Crippen MR) is 102 cm³/mol. The topological polar surface area (TPSA) is 358 Å². The molecule has 1 fully saturated rings. The number of halogens is 3.